The molecule has 5 heteroatoms. The molecule has 3 N–H and O–H groups in total. The number of carbonyl (C=O) groups is 1. The number of aliphatic hydroxyl groups is 1. The minimum atomic E-state index is -0.157. The summed E-state index contributed by atoms with van der Waals surface area (Å²) in [4.78, 5) is 14.1. The summed E-state index contributed by atoms with van der Waals surface area (Å²) in [5.41, 5.74) is 6.60. The molecule has 2 unspecified atom stereocenters. The van der Waals surface area contributed by atoms with E-state index in [0.29, 0.717) is 28.7 Å². The lowest BCUT2D eigenvalue weighted by Crippen LogP contribution is -2.39. The number of hydrogen-bond acceptors (Lipinski definition) is 3. The molecule has 4 nitrogen and oxygen atoms in total. The maximum absolute atomic E-state index is 12.4. The Morgan fingerprint density at radius 2 is 2.33 bits per heavy atom. The van der Waals surface area contributed by atoms with Crippen molar-refractivity contribution < 1.29 is 9.90 Å². The molecular weight excluding hydrogens is 252 g/mol. The molecule has 1 amide bonds. The van der Waals surface area contributed by atoms with Crippen LogP contribution in [0.3, 0.4) is 0 Å². The van der Waals surface area contributed by atoms with Gasteiger partial charge in [0.2, 0.25) is 0 Å². The van der Waals surface area contributed by atoms with Crippen LogP contribution in [0.15, 0.2) is 18.2 Å². The van der Waals surface area contributed by atoms with Crippen LogP contribution in [0.2, 0.25) is 5.02 Å². The van der Waals surface area contributed by atoms with E-state index in [1.165, 1.54) is 0 Å². The van der Waals surface area contributed by atoms with E-state index in [-0.39, 0.29) is 18.6 Å². The predicted octanol–water partition coefficient (Wildman–Crippen LogP) is 1.77. The standard InChI is InChI=1S/C13H17ClN2O2/c1-8-4-5-16(12(8)7-17)13(18)10-6-9(15)2-3-11(10)14/h2-3,6,8,12,17H,4-5,7,15H2,1H3. The number of hydrogen-bond donors (Lipinski definition) is 2. The molecule has 1 aliphatic heterocycles. The molecule has 0 spiro atoms. The number of aliphatic hydroxyl groups excluding tert-OH is 1. The summed E-state index contributed by atoms with van der Waals surface area (Å²) >= 11 is 6.03. The van der Waals surface area contributed by atoms with Gasteiger partial charge in [0.05, 0.1) is 23.2 Å². The van der Waals surface area contributed by atoms with Crippen LogP contribution in [0, 0.1) is 5.92 Å². The van der Waals surface area contributed by atoms with Crippen LogP contribution in [-0.4, -0.2) is 35.1 Å². The second-order valence-corrected chi connectivity index (χ2v) is 5.16. The van der Waals surface area contributed by atoms with Crippen molar-refractivity contribution in [2.24, 2.45) is 5.92 Å². The molecule has 1 aromatic rings. The van der Waals surface area contributed by atoms with E-state index in [1.807, 2.05) is 6.92 Å². The topological polar surface area (TPSA) is 66.6 Å². The number of nitrogens with zero attached hydrogens (tertiary/aromatic N) is 1. The van der Waals surface area contributed by atoms with Crippen molar-refractivity contribution in [3.8, 4) is 0 Å². The van der Waals surface area contributed by atoms with Crippen molar-refractivity contribution in [3.05, 3.63) is 28.8 Å². The highest BCUT2D eigenvalue weighted by Crippen LogP contribution is 2.28. The molecule has 1 heterocycles. The molecule has 2 rings (SSSR count). The normalized spacial score (nSPS) is 23.4. The number of amides is 1. The Morgan fingerprint density at radius 3 is 3.00 bits per heavy atom. The molecule has 1 aromatic carbocycles. The Hall–Kier alpha value is -1.26. The average molecular weight is 269 g/mol. The van der Waals surface area contributed by atoms with Crippen molar-refractivity contribution >= 4 is 23.2 Å². The second-order valence-electron chi connectivity index (χ2n) is 4.75. The molecule has 18 heavy (non-hydrogen) atoms. The van der Waals surface area contributed by atoms with Crippen LogP contribution in [0.4, 0.5) is 5.69 Å². The van der Waals surface area contributed by atoms with E-state index in [9.17, 15) is 9.90 Å². The fourth-order valence-electron chi connectivity index (χ4n) is 2.40. The Bertz CT molecular complexity index is 464. The molecular formula is C13H17ClN2O2. The van der Waals surface area contributed by atoms with E-state index in [1.54, 1.807) is 23.1 Å². The van der Waals surface area contributed by atoms with Crippen molar-refractivity contribution in [3.63, 3.8) is 0 Å². The molecule has 1 fully saturated rings. The van der Waals surface area contributed by atoms with E-state index in [0.717, 1.165) is 6.42 Å². The highest BCUT2D eigenvalue weighted by molar-refractivity contribution is 6.34. The SMILES string of the molecule is CC1CCN(C(=O)c2cc(N)ccc2Cl)C1CO. The zero-order valence-corrected chi connectivity index (χ0v) is 11.0. The van der Waals surface area contributed by atoms with Gasteiger partial charge in [0.1, 0.15) is 0 Å². The van der Waals surface area contributed by atoms with Gasteiger partial charge in [-0.1, -0.05) is 18.5 Å². The fourth-order valence-corrected chi connectivity index (χ4v) is 2.60. The van der Waals surface area contributed by atoms with Gasteiger partial charge in [-0.3, -0.25) is 4.79 Å². The van der Waals surface area contributed by atoms with Crippen LogP contribution in [0.5, 0.6) is 0 Å². The van der Waals surface area contributed by atoms with Crippen molar-refractivity contribution in [2.75, 3.05) is 18.9 Å². The molecule has 0 saturated carbocycles. The van der Waals surface area contributed by atoms with Crippen LogP contribution in [-0.2, 0) is 0 Å². The summed E-state index contributed by atoms with van der Waals surface area (Å²) < 4.78 is 0. The maximum Gasteiger partial charge on any atom is 0.255 e. The van der Waals surface area contributed by atoms with Gasteiger partial charge in [-0.2, -0.15) is 0 Å². The highest BCUT2D eigenvalue weighted by atomic mass is 35.5. The minimum absolute atomic E-state index is 0.0210. The largest absolute Gasteiger partial charge is 0.399 e. The lowest BCUT2D eigenvalue weighted by atomic mass is 10.0. The molecule has 98 valence electrons. The third kappa shape index (κ3) is 2.31. The highest BCUT2D eigenvalue weighted by Gasteiger charge is 2.34. The summed E-state index contributed by atoms with van der Waals surface area (Å²) in [6.07, 6.45) is 0.900. The average Bonchev–Trinajstić information content (AvgIpc) is 2.72. The van der Waals surface area contributed by atoms with Gasteiger partial charge in [-0.15, -0.1) is 0 Å². The van der Waals surface area contributed by atoms with Gasteiger partial charge in [0.25, 0.3) is 5.91 Å². The summed E-state index contributed by atoms with van der Waals surface area (Å²) in [7, 11) is 0. The molecule has 0 aromatic heterocycles. The van der Waals surface area contributed by atoms with Gasteiger partial charge in [-0.25, -0.2) is 0 Å². The molecule has 1 saturated heterocycles. The van der Waals surface area contributed by atoms with Gasteiger partial charge >= 0.3 is 0 Å². The maximum atomic E-state index is 12.4. The Labute approximate surface area is 111 Å². The van der Waals surface area contributed by atoms with E-state index in [4.69, 9.17) is 17.3 Å². The Morgan fingerprint density at radius 1 is 1.61 bits per heavy atom. The van der Waals surface area contributed by atoms with Gasteiger partial charge in [0.15, 0.2) is 0 Å². The molecule has 0 bridgehead atoms. The zero-order chi connectivity index (χ0) is 13.3. The Kier molecular flexibility index (Phi) is 3.78. The lowest BCUT2D eigenvalue weighted by Gasteiger charge is -2.25. The quantitative estimate of drug-likeness (QED) is 0.804. The van der Waals surface area contributed by atoms with E-state index >= 15 is 0 Å². The summed E-state index contributed by atoms with van der Waals surface area (Å²) in [5.74, 6) is 0.148. The van der Waals surface area contributed by atoms with Gasteiger partial charge in [-0.05, 0) is 30.5 Å². The zero-order valence-electron chi connectivity index (χ0n) is 10.3. The number of carbonyl (C=O) groups excluding carboxylic acids is 1. The minimum Gasteiger partial charge on any atom is -0.399 e. The summed E-state index contributed by atoms with van der Waals surface area (Å²) in [6, 6.07) is 4.74. The summed E-state index contributed by atoms with van der Waals surface area (Å²) in [5, 5.41) is 9.77. The molecule has 2 atom stereocenters. The monoisotopic (exact) mass is 268 g/mol. The number of nitrogens with two attached hydrogens (primary N) is 1. The van der Waals surface area contributed by atoms with Crippen molar-refractivity contribution in [1.29, 1.82) is 0 Å². The number of benzene rings is 1. The van der Waals surface area contributed by atoms with E-state index < -0.39 is 0 Å². The van der Waals surface area contributed by atoms with Gasteiger partial charge < -0.3 is 15.7 Å². The first-order valence-corrected chi connectivity index (χ1v) is 6.39. The first kappa shape index (κ1) is 13.2. The van der Waals surface area contributed by atoms with Crippen molar-refractivity contribution in [2.45, 2.75) is 19.4 Å². The molecule has 1 aliphatic rings. The second kappa shape index (κ2) is 5.16. The smallest absolute Gasteiger partial charge is 0.255 e. The Balaban J connectivity index is 2.28. The number of anilines is 1. The number of rotatable bonds is 2. The third-order valence-corrected chi connectivity index (χ3v) is 3.88. The van der Waals surface area contributed by atoms with Crippen LogP contribution >= 0.6 is 11.6 Å². The fraction of sp³-hybridized carbons (Fsp3) is 0.462. The van der Waals surface area contributed by atoms with Crippen LogP contribution < -0.4 is 5.73 Å². The number of halogens is 1. The lowest BCUT2D eigenvalue weighted by molar-refractivity contribution is 0.0648. The van der Waals surface area contributed by atoms with Crippen molar-refractivity contribution in [1.82, 2.24) is 4.90 Å². The first-order valence-electron chi connectivity index (χ1n) is 6.01. The van der Waals surface area contributed by atoms with Crippen LogP contribution in [0.25, 0.3) is 0 Å². The van der Waals surface area contributed by atoms with E-state index in [2.05, 4.69) is 0 Å². The number of likely N-dealkylation sites (tertiary alicyclic amines) is 1. The molecule has 0 aliphatic carbocycles. The summed E-state index contributed by atoms with van der Waals surface area (Å²) in [6.45, 7) is 2.67. The predicted molar refractivity (Wildman–Crippen MR) is 71.6 cm³/mol. The number of nitrogen functional groups attached to an aromatic ring is 1. The van der Waals surface area contributed by atoms with Gasteiger partial charge in [0, 0.05) is 12.2 Å². The first-order chi connectivity index (χ1) is 8.54. The third-order valence-electron chi connectivity index (χ3n) is 3.55. The molecule has 0 radical (unpaired) electrons. The van der Waals surface area contributed by atoms with Crippen LogP contribution in [0.1, 0.15) is 23.7 Å².